The molecule has 0 aliphatic rings. The maximum absolute atomic E-state index is 13.5. The largest absolute Gasteiger partial charge is 0.457 e. The summed E-state index contributed by atoms with van der Waals surface area (Å²) in [6.07, 6.45) is -3.53. The van der Waals surface area contributed by atoms with E-state index in [0.29, 0.717) is 11.3 Å². The van der Waals surface area contributed by atoms with Crippen LogP contribution in [0.1, 0.15) is 19.4 Å². The summed E-state index contributed by atoms with van der Waals surface area (Å²) in [5.74, 6) is 0.583. The molecule has 34 heavy (non-hydrogen) atoms. The molecule has 0 N–H and O–H groups in total. The summed E-state index contributed by atoms with van der Waals surface area (Å²) in [6.45, 7) is 3.18. The van der Waals surface area contributed by atoms with E-state index in [-0.39, 0.29) is 32.3 Å². The Morgan fingerprint density at radius 2 is 1.65 bits per heavy atom. The lowest BCUT2D eigenvalue weighted by Crippen LogP contribution is -2.13. The second-order valence-corrected chi connectivity index (χ2v) is 10.6. The molecule has 0 aliphatic heterocycles. The van der Waals surface area contributed by atoms with Gasteiger partial charge in [0.1, 0.15) is 17.8 Å². The van der Waals surface area contributed by atoms with Crippen LogP contribution in [0.2, 0.25) is 5.02 Å². The first-order valence-corrected chi connectivity index (χ1v) is 12.0. The number of hydrogen-bond acceptors (Lipinski definition) is 5. The molecule has 0 bridgehead atoms. The number of aromatic nitrogens is 2. The highest BCUT2D eigenvalue weighted by Crippen LogP contribution is 2.39. The minimum atomic E-state index is -4.58. The minimum Gasteiger partial charge on any atom is -0.457 e. The number of halogens is 4. The summed E-state index contributed by atoms with van der Waals surface area (Å²) in [7, 11) is -3.50. The highest BCUT2D eigenvalue weighted by molar-refractivity contribution is 7.92. The fraction of sp³-hybridized carbons (Fsp3) is 0.167. The molecule has 0 atom stereocenters. The highest BCUT2D eigenvalue weighted by atomic mass is 35.5. The van der Waals surface area contributed by atoms with Crippen molar-refractivity contribution >= 4 is 32.3 Å². The third-order valence-corrected chi connectivity index (χ3v) is 7.64. The molecule has 4 rings (SSSR count). The van der Waals surface area contributed by atoms with E-state index in [2.05, 4.69) is 9.97 Å². The second-order valence-electron chi connectivity index (χ2n) is 7.73. The maximum Gasteiger partial charge on any atom is 0.418 e. The van der Waals surface area contributed by atoms with Crippen molar-refractivity contribution in [2.45, 2.75) is 30.2 Å². The van der Waals surface area contributed by atoms with Gasteiger partial charge < -0.3 is 4.74 Å². The Morgan fingerprint density at radius 1 is 0.941 bits per heavy atom. The molecule has 0 aliphatic carbocycles. The Balaban J connectivity index is 1.78. The zero-order valence-electron chi connectivity index (χ0n) is 18.0. The van der Waals surface area contributed by atoms with E-state index in [9.17, 15) is 21.6 Å². The van der Waals surface area contributed by atoms with Crippen LogP contribution < -0.4 is 4.74 Å². The normalized spacial score (nSPS) is 12.3. The Morgan fingerprint density at radius 3 is 2.35 bits per heavy atom. The number of benzene rings is 3. The second kappa shape index (κ2) is 8.88. The molecule has 0 fully saturated rings. The number of fused-ring (bicyclic) bond motifs is 1. The van der Waals surface area contributed by atoms with Crippen molar-refractivity contribution in [2.75, 3.05) is 0 Å². The summed E-state index contributed by atoms with van der Waals surface area (Å²) >= 11 is 6.37. The number of para-hydroxylation sites is 1. The van der Waals surface area contributed by atoms with Gasteiger partial charge in [-0.3, -0.25) is 0 Å². The van der Waals surface area contributed by atoms with E-state index >= 15 is 0 Å². The van der Waals surface area contributed by atoms with Gasteiger partial charge in [0, 0.05) is 10.9 Å². The van der Waals surface area contributed by atoms with E-state index < -0.39 is 26.8 Å². The van der Waals surface area contributed by atoms with Crippen molar-refractivity contribution in [3.63, 3.8) is 0 Å². The first-order valence-electron chi connectivity index (χ1n) is 10.1. The SMILES string of the molecule is CC(C)S(=O)(=O)c1cccc(Oc2ccc(Cl)c(-c3ncnc4c(C(F)(F)F)cccc34)c2)c1. The van der Waals surface area contributed by atoms with Crippen molar-refractivity contribution in [2.24, 2.45) is 0 Å². The van der Waals surface area contributed by atoms with Crippen molar-refractivity contribution in [1.82, 2.24) is 9.97 Å². The molecule has 0 saturated carbocycles. The minimum absolute atomic E-state index is 0.121. The molecule has 3 aromatic carbocycles. The summed E-state index contributed by atoms with van der Waals surface area (Å²) in [5.41, 5.74) is -0.561. The average molecular weight is 507 g/mol. The van der Waals surface area contributed by atoms with Crippen LogP contribution in [0, 0.1) is 0 Å². The molecular weight excluding hydrogens is 489 g/mol. The van der Waals surface area contributed by atoms with Gasteiger partial charge in [-0.1, -0.05) is 29.8 Å². The Bertz CT molecular complexity index is 1490. The zero-order valence-corrected chi connectivity index (χ0v) is 19.5. The predicted molar refractivity (Wildman–Crippen MR) is 124 cm³/mol. The first kappa shape index (κ1) is 24.0. The van der Waals surface area contributed by atoms with Crippen LogP contribution in [-0.4, -0.2) is 23.6 Å². The summed E-state index contributed by atoms with van der Waals surface area (Å²) < 4.78 is 71.2. The van der Waals surface area contributed by atoms with Crippen LogP contribution in [-0.2, 0) is 16.0 Å². The molecule has 5 nitrogen and oxygen atoms in total. The first-order chi connectivity index (χ1) is 16.0. The molecular formula is C24H18ClF3N2O3S. The third-order valence-electron chi connectivity index (χ3n) is 5.15. The van der Waals surface area contributed by atoms with Gasteiger partial charge >= 0.3 is 6.18 Å². The number of rotatable bonds is 5. The monoisotopic (exact) mass is 506 g/mol. The predicted octanol–water partition coefficient (Wildman–Crippen LogP) is 6.94. The van der Waals surface area contributed by atoms with Crippen LogP contribution in [0.4, 0.5) is 13.2 Å². The molecule has 10 heteroatoms. The van der Waals surface area contributed by atoms with Crippen LogP contribution in [0.25, 0.3) is 22.2 Å². The molecule has 0 unspecified atom stereocenters. The summed E-state index contributed by atoms with van der Waals surface area (Å²) in [4.78, 5) is 8.14. The molecule has 0 radical (unpaired) electrons. The van der Waals surface area contributed by atoms with Gasteiger partial charge in [-0.25, -0.2) is 18.4 Å². The quantitative estimate of drug-likeness (QED) is 0.293. The van der Waals surface area contributed by atoms with Gasteiger partial charge in [-0.15, -0.1) is 0 Å². The third kappa shape index (κ3) is 4.58. The van der Waals surface area contributed by atoms with Crippen molar-refractivity contribution in [3.05, 3.63) is 77.6 Å². The van der Waals surface area contributed by atoms with Gasteiger partial charge in [-0.2, -0.15) is 13.2 Å². The Labute approximate surface area is 199 Å². The van der Waals surface area contributed by atoms with Crippen molar-refractivity contribution < 1.29 is 26.3 Å². The van der Waals surface area contributed by atoms with Crippen LogP contribution >= 0.6 is 11.6 Å². The molecule has 0 amide bonds. The van der Waals surface area contributed by atoms with Crippen LogP contribution in [0.15, 0.2) is 71.9 Å². The maximum atomic E-state index is 13.5. The van der Waals surface area contributed by atoms with E-state index in [0.717, 1.165) is 12.4 Å². The van der Waals surface area contributed by atoms with E-state index in [1.54, 1.807) is 32.0 Å². The molecule has 0 saturated heterocycles. The van der Waals surface area contributed by atoms with Gasteiger partial charge in [0.25, 0.3) is 0 Å². The number of hydrogen-bond donors (Lipinski definition) is 0. The van der Waals surface area contributed by atoms with E-state index in [1.165, 1.54) is 36.4 Å². The Kier molecular flexibility index (Phi) is 6.26. The lowest BCUT2D eigenvalue weighted by atomic mass is 10.0. The molecule has 176 valence electrons. The van der Waals surface area contributed by atoms with Crippen LogP contribution in [0.3, 0.4) is 0 Å². The summed E-state index contributed by atoms with van der Waals surface area (Å²) in [5, 5.41) is -0.167. The number of alkyl halides is 3. The van der Waals surface area contributed by atoms with Crippen molar-refractivity contribution in [3.8, 4) is 22.8 Å². The standard InChI is InChI=1S/C24H18ClF3N2O3S/c1-14(2)34(31,32)17-6-3-5-15(11-17)33-16-9-10-21(25)19(12-16)22-18-7-4-8-20(24(26,27)28)23(18)30-13-29-22/h3-14H,1-2H3. The molecule has 0 spiro atoms. The fourth-order valence-electron chi connectivity index (χ4n) is 3.40. The van der Waals surface area contributed by atoms with E-state index in [1.807, 2.05) is 0 Å². The zero-order chi connectivity index (χ0) is 24.7. The molecule has 1 heterocycles. The van der Waals surface area contributed by atoms with Crippen molar-refractivity contribution in [1.29, 1.82) is 0 Å². The number of sulfone groups is 1. The molecule has 1 aromatic heterocycles. The van der Waals surface area contributed by atoms with Gasteiger partial charge in [-0.05, 0) is 56.3 Å². The van der Waals surface area contributed by atoms with Gasteiger partial charge in [0.2, 0.25) is 0 Å². The van der Waals surface area contributed by atoms with Gasteiger partial charge in [0.05, 0.1) is 31.9 Å². The number of ether oxygens (including phenoxy) is 1. The number of nitrogens with zero attached hydrogens (tertiary/aromatic N) is 2. The van der Waals surface area contributed by atoms with E-state index in [4.69, 9.17) is 16.3 Å². The Hall–Kier alpha value is -3.17. The topological polar surface area (TPSA) is 69.2 Å². The fourth-order valence-corrected chi connectivity index (χ4v) is 4.70. The lowest BCUT2D eigenvalue weighted by Gasteiger charge is -2.14. The molecule has 4 aromatic rings. The summed E-state index contributed by atoms with van der Waals surface area (Å²) in [6, 6.07) is 14.4. The lowest BCUT2D eigenvalue weighted by molar-refractivity contribution is -0.136. The highest BCUT2D eigenvalue weighted by Gasteiger charge is 2.33. The average Bonchev–Trinajstić information content (AvgIpc) is 2.79. The van der Waals surface area contributed by atoms with Crippen LogP contribution in [0.5, 0.6) is 11.5 Å². The smallest absolute Gasteiger partial charge is 0.418 e. The van der Waals surface area contributed by atoms with Gasteiger partial charge in [0.15, 0.2) is 9.84 Å².